The average molecular weight is 359 g/mol. The second-order valence-corrected chi connectivity index (χ2v) is 12.8. The number of allylic oxidation sites excluding steroid dienone is 3. The van der Waals surface area contributed by atoms with E-state index in [9.17, 15) is 0 Å². The second kappa shape index (κ2) is 6.68. The minimum absolute atomic E-state index is 0.248. The summed E-state index contributed by atoms with van der Waals surface area (Å²) in [5.41, 5.74) is 5.28. The first-order valence-corrected chi connectivity index (χ1v) is 12.0. The van der Waals surface area contributed by atoms with Gasteiger partial charge in [-0.25, -0.2) is 0 Å². The lowest BCUT2D eigenvalue weighted by Gasteiger charge is -2.43. The molecule has 3 rings (SSSR count). The molecular formula is C20H20Cl2Si. The van der Waals surface area contributed by atoms with E-state index < -0.39 is 6.69 Å². The van der Waals surface area contributed by atoms with Crippen LogP contribution in [-0.4, -0.2) is 6.69 Å². The van der Waals surface area contributed by atoms with Crippen LogP contribution in [0.25, 0.3) is 10.8 Å². The standard InChI is InChI=1S/C20H20Cl2Si/c1-15(2)13-14-18-19(16-9-5-3-6-10-16)20(23(18,21)22)17-11-7-4-8-12-17/h3-13,18H,14H2,1-2H3. The van der Waals surface area contributed by atoms with E-state index in [-0.39, 0.29) is 5.54 Å². The third-order valence-electron chi connectivity index (χ3n) is 4.30. The predicted octanol–water partition coefficient (Wildman–Crippen LogP) is 6.80. The molecule has 0 spiro atoms. The molecule has 0 radical (unpaired) electrons. The molecule has 2 aromatic rings. The van der Waals surface area contributed by atoms with E-state index in [2.05, 4.69) is 56.3 Å². The van der Waals surface area contributed by atoms with Crippen molar-refractivity contribution in [2.45, 2.75) is 25.8 Å². The summed E-state index contributed by atoms with van der Waals surface area (Å²) in [6, 6.07) is 20.9. The van der Waals surface area contributed by atoms with Crippen LogP contribution in [0.2, 0.25) is 5.54 Å². The zero-order valence-corrected chi connectivity index (χ0v) is 15.9. The zero-order valence-electron chi connectivity index (χ0n) is 13.4. The first-order chi connectivity index (χ1) is 11.0. The first-order valence-electron chi connectivity index (χ1n) is 7.88. The van der Waals surface area contributed by atoms with Crippen LogP contribution in [0.15, 0.2) is 72.3 Å². The van der Waals surface area contributed by atoms with E-state index >= 15 is 0 Å². The van der Waals surface area contributed by atoms with E-state index in [0.29, 0.717) is 0 Å². The third kappa shape index (κ3) is 3.19. The third-order valence-corrected chi connectivity index (χ3v) is 9.64. The lowest BCUT2D eigenvalue weighted by atomic mass is 9.95. The van der Waals surface area contributed by atoms with Gasteiger partial charge in [0, 0.05) is 5.54 Å². The maximum Gasteiger partial charge on any atom is 0.289 e. The van der Waals surface area contributed by atoms with Gasteiger partial charge in [-0.1, -0.05) is 72.3 Å². The molecule has 0 N–H and O–H groups in total. The lowest BCUT2D eigenvalue weighted by Crippen LogP contribution is -2.40. The molecule has 0 nitrogen and oxygen atoms in total. The predicted molar refractivity (Wildman–Crippen MR) is 105 cm³/mol. The van der Waals surface area contributed by atoms with Gasteiger partial charge in [-0.15, -0.1) is 22.2 Å². The van der Waals surface area contributed by atoms with Gasteiger partial charge in [-0.3, -0.25) is 0 Å². The Bertz CT molecular complexity index is 742. The van der Waals surface area contributed by atoms with Crippen molar-refractivity contribution in [1.29, 1.82) is 0 Å². The molecule has 118 valence electrons. The van der Waals surface area contributed by atoms with Crippen molar-refractivity contribution in [2.24, 2.45) is 0 Å². The number of benzene rings is 2. The summed E-state index contributed by atoms with van der Waals surface area (Å²) in [5, 5.41) is 1.18. The quantitative estimate of drug-likeness (QED) is 0.320. The highest BCUT2D eigenvalue weighted by atomic mass is 35.7. The summed E-state index contributed by atoms with van der Waals surface area (Å²) in [4.78, 5) is 0. The zero-order chi connectivity index (χ0) is 16.4. The molecule has 0 saturated heterocycles. The molecule has 0 aliphatic carbocycles. The van der Waals surface area contributed by atoms with E-state index in [1.54, 1.807) is 0 Å². The largest absolute Gasteiger partial charge is 0.289 e. The van der Waals surface area contributed by atoms with Gasteiger partial charge in [0.15, 0.2) is 0 Å². The highest BCUT2D eigenvalue weighted by Gasteiger charge is 2.54. The number of rotatable bonds is 4. The smallest absolute Gasteiger partial charge is 0.139 e. The maximum atomic E-state index is 6.92. The molecule has 1 aliphatic rings. The fourth-order valence-electron chi connectivity index (χ4n) is 3.17. The summed E-state index contributed by atoms with van der Waals surface area (Å²) in [6.45, 7) is 1.76. The maximum absolute atomic E-state index is 6.92. The summed E-state index contributed by atoms with van der Waals surface area (Å²) in [7, 11) is 0. The van der Waals surface area contributed by atoms with Gasteiger partial charge < -0.3 is 0 Å². The van der Waals surface area contributed by atoms with Crippen molar-refractivity contribution in [2.75, 3.05) is 0 Å². The Morgan fingerprint density at radius 3 is 1.96 bits per heavy atom. The van der Waals surface area contributed by atoms with E-state index in [1.165, 1.54) is 21.9 Å². The Balaban J connectivity index is 2.13. The van der Waals surface area contributed by atoms with Crippen LogP contribution < -0.4 is 0 Å². The average Bonchev–Trinajstić information content (AvgIpc) is 2.54. The van der Waals surface area contributed by atoms with Crippen molar-refractivity contribution in [1.82, 2.24) is 0 Å². The molecular weight excluding hydrogens is 339 g/mol. The number of halogens is 2. The van der Waals surface area contributed by atoms with Gasteiger partial charge >= 0.3 is 0 Å². The SMILES string of the molecule is CC(C)=CCC1C(c2ccccc2)=C(c2ccccc2)[Si]1(Cl)Cl. The molecule has 0 saturated carbocycles. The van der Waals surface area contributed by atoms with Crippen LogP contribution in [0.1, 0.15) is 31.4 Å². The van der Waals surface area contributed by atoms with Gasteiger partial charge in [0.1, 0.15) is 0 Å². The molecule has 3 heteroatoms. The second-order valence-electron chi connectivity index (χ2n) is 6.21. The van der Waals surface area contributed by atoms with Crippen LogP contribution in [0, 0.1) is 0 Å². The summed E-state index contributed by atoms with van der Waals surface area (Å²) < 4.78 is 0. The molecule has 0 bridgehead atoms. The van der Waals surface area contributed by atoms with Crippen molar-refractivity contribution in [3.05, 3.63) is 83.4 Å². The fourth-order valence-corrected chi connectivity index (χ4v) is 8.06. The molecule has 0 aromatic heterocycles. The van der Waals surface area contributed by atoms with Crippen LogP contribution in [0.5, 0.6) is 0 Å². The summed E-state index contributed by atoms with van der Waals surface area (Å²) >= 11 is 13.8. The highest BCUT2D eigenvalue weighted by Crippen LogP contribution is 2.62. The first kappa shape index (κ1) is 16.6. The Labute approximate surface area is 148 Å². The molecule has 0 fully saturated rings. The topological polar surface area (TPSA) is 0 Å². The van der Waals surface area contributed by atoms with E-state index in [4.69, 9.17) is 22.2 Å². The van der Waals surface area contributed by atoms with Crippen molar-refractivity contribution < 1.29 is 0 Å². The number of hydrogen-bond donors (Lipinski definition) is 0. The number of hydrogen-bond acceptors (Lipinski definition) is 0. The normalized spacial score (nSPS) is 19.2. The molecule has 0 amide bonds. The van der Waals surface area contributed by atoms with E-state index in [0.717, 1.165) is 12.0 Å². The summed E-state index contributed by atoms with van der Waals surface area (Å²) in [5.74, 6) is 0. The van der Waals surface area contributed by atoms with Crippen LogP contribution in [0.3, 0.4) is 0 Å². The summed E-state index contributed by atoms with van der Waals surface area (Å²) in [6.07, 6.45) is 3.17. The molecule has 1 atom stereocenters. The van der Waals surface area contributed by atoms with Crippen LogP contribution in [-0.2, 0) is 0 Å². The Morgan fingerprint density at radius 1 is 0.913 bits per heavy atom. The fraction of sp³-hybridized carbons (Fsp3) is 0.200. The van der Waals surface area contributed by atoms with Gasteiger partial charge in [0.25, 0.3) is 6.69 Å². The van der Waals surface area contributed by atoms with Crippen molar-refractivity contribution in [3.63, 3.8) is 0 Å². The molecule has 1 unspecified atom stereocenters. The van der Waals surface area contributed by atoms with Gasteiger partial charge in [-0.2, -0.15) is 0 Å². The Morgan fingerprint density at radius 2 is 1.43 bits per heavy atom. The minimum atomic E-state index is -2.48. The van der Waals surface area contributed by atoms with Crippen molar-refractivity contribution >= 4 is 39.6 Å². The molecule has 2 aromatic carbocycles. The molecule has 1 heterocycles. The molecule has 1 aliphatic heterocycles. The van der Waals surface area contributed by atoms with Crippen molar-refractivity contribution in [3.8, 4) is 0 Å². The highest BCUT2D eigenvalue weighted by molar-refractivity contribution is 7.56. The van der Waals surface area contributed by atoms with Gasteiger partial charge in [0.2, 0.25) is 0 Å². The van der Waals surface area contributed by atoms with Crippen LogP contribution in [0.4, 0.5) is 0 Å². The monoisotopic (exact) mass is 358 g/mol. The Hall–Kier alpha value is -1.28. The minimum Gasteiger partial charge on any atom is -0.139 e. The van der Waals surface area contributed by atoms with Gasteiger partial charge in [0.05, 0.1) is 0 Å². The van der Waals surface area contributed by atoms with Gasteiger partial charge in [-0.05, 0) is 42.2 Å². The Kier molecular flexibility index (Phi) is 4.81. The lowest BCUT2D eigenvalue weighted by molar-refractivity contribution is 1.01. The molecule has 23 heavy (non-hydrogen) atoms. The van der Waals surface area contributed by atoms with Crippen LogP contribution >= 0.6 is 22.2 Å². The van der Waals surface area contributed by atoms with E-state index in [1.807, 2.05) is 24.3 Å².